The van der Waals surface area contributed by atoms with Gasteiger partial charge in [-0.3, -0.25) is 9.78 Å². The first-order chi connectivity index (χ1) is 26.6. The van der Waals surface area contributed by atoms with Crippen LogP contribution in [-0.4, -0.2) is 35.1 Å². The van der Waals surface area contributed by atoms with Crippen molar-refractivity contribution in [3.63, 3.8) is 0 Å². The molecule has 0 bridgehead atoms. The van der Waals surface area contributed by atoms with Gasteiger partial charge in [0.1, 0.15) is 23.9 Å². The highest BCUT2D eigenvalue weighted by molar-refractivity contribution is 6.34. The molecule has 2 atom stereocenters. The van der Waals surface area contributed by atoms with Crippen molar-refractivity contribution >= 4 is 46.9 Å². The first kappa shape index (κ1) is 41.6. The van der Waals surface area contributed by atoms with Crippen molar-refractivity contribution in [3.8, 4) is 5.75 Å². The summed E-state index contributed by atoms with van der Waals surface area (Å²) < 4.78 is 62.6. The number of benzene rings is 4. The number of alkyl halides is 2. The SMILES string of the molecule is CC(OC(=O)C(Cc1ccccc1)NC(=O)OCc1ccccc1)C(F)(F)c1ccc(CC(=O)Nc2ccc(OC(C)(C)c3ncc(Cl)cc3Cl)c(F)c2)cc1. The highest BCUT2D eigenvalue weighted by atomic mass is 35.5. The van der Waals surface area contributed by atoms with Crippen LogP contribution in [0.1, 0.15) is 48.7 Å². The number of nitrogens with zero attached hydrogens (tertiary/aromatic N) is 1. The van der Waals surface area contributed by atoms with E-state index >= 15 is 13.2 Å². The normalized spacial score (nSPS) is 12.6. The van der Waals surface area contributed by atoms with E-state index in [-0.39, 0.29) is 35.9 Å². The molecule has 0 aliphatic heterocycles. The minimum atomic E-state index is -3.65. The number of carbonyl (C=O) groups excluding carboxylic acids is 3. The Morgan fingerprint density at radius 1 is 0.839 bits per heavy atom. The number of aromatic nitrogens is 1. The highest BCUT2D eigenvalue weighted by Gasteiger charge is 2.42. The number of hydrogen-bond acceptors (Lipinski definition) is 7. The van der Waals surface area contributed by atoms with Gasteiger partial charge < -0.3 is 24.8 Å². The average Bonchev–Trinajstić information content (AvgIpc) is 3.15. The number of carbonyl (C=O) groups is 3. The van der Waals surface area contributed by atoms with E-state index in [4.69, 9.17) is 37.4 Å². The van der Waals surface area contributed by atoms with Crippen molar-refractivity contribution < 1.29 is 41.8 Å². The summed E-state index contributed by atoms with van der Waals surface area (Å²) in [6, 6.07) is 26.6. The molecular formula is C42H38Cl2F3N3O6. The van der Waals surface area contributed by atoms with E-state index in [0.717, 1.165) is 30.7 Å². The topological polar surface area (TPSA) is 116 Å². The summed E-state index contributed by atoms with van der Waals surface area (Å²) in [6.07, 6.45) is -1.69. The number of rotatable bonds is 15. The number of halogens is 5. The van der Waals surface area contributed by atoms with Gasteiger partial charge in [-0.25, -0.2) is 14.0 Å². The number of esters is 1. The van der Waals surface area contributed by atoms with Gasteiger partial charge in [0.15, 0.2) is 17.7 Å². The quantitative estimate of drug-likeness (QED) is 0.101. The van der Waals surface area contributed by atoms with Crippen molar-refractivity contribution in [2.75, 3.05) is 5.32 Å². The number of anilines is 1. The van der Waals surface area contributed by atoms with Crippen molar-refractivity contribution in [1.29, 1.82) is 0 Å². The summed E-state index contributed by atoms with van der Waals surface area (Å²) in [7, 11) is 0. The standard InChI is InChI=1S/C42H38Cl2F3N3O6/c1-26(55-39(52)35(20-27-10-6-4-7-11-27)50-40(53)54-25-29-12-8-5-9-13-29)42(46,47)30-16-14-28(15-17-30)21-37(51)49-32-18-19-36(34(45)23-32)56-41(2,3)38-33(44)22-31(43)24-48-38/h4-19,22-24,26,35H,20-21,25H2,1-3H3,(H,49,51)(H,50,53). The Kier molecular flexibility index (Phi) is 13.6. The van der Waals surface area contributed by atoms with Crippen molar-refractivity contribution in [1.82, 2.24) is 10.3 Å². The van der Waals surface area contributed by atoms with Gasteiger partial charge in [0.25, 0.3) is 0 Å². The molecule has 5 aromatic rings. The second-order valence-corrected chi connectivity index (χ2v) is 14.2. The van der Waals surface area contributed by atoms with Gasteiger partial charge in [-0.15, -0.1) is 0 Å². The molecule has 292 valence electrons. The molecule has 0 radical (unpaired) electrons. The Hall–Kier alpha value is -5.59. The van der Waals surface area contributed by atoms with Crippen LogP contribution in [0.5, 0.6) is 5.75 Å². The number of amides is 2. The van der Waals surface area contributed by atoms with Crippen LogP contribution in [0.25, 0.3) is 0 Å². The van der Waals surface area contributed by atoms with Crippen LogP contribution < -0.4 is 15.4 Å². The van der Waals surface area contributed by atoms with Crippen LogP contribution in [0.15, 0.2) is 115 Å². The highest BCUT2D eigenvalue weighted by Crippen LogP contribution is 2.35. The first-order valence-corrected chi connectivity index (χ1v) is 18.1. The average molecular weight is 809 g/mol. The monoisotopic (exact) mass is 807 g/mol. The van der Waals surface area contributed by atoms with Gasteiger partial charge in [0, 0.05) is 29.9 Å². The lowest BCUT2D eigenvalue weighted by molar-refractivity contribution is -0.175. The van der Waals surface area contributed by atoms with Gasteiger partial charge in [0.05, 0.1) is 16.5 Å². The van der Waals surface area contributed by atoms with Crippen LogP contribution in [0.3, 0.4) is 0 Å². The molecule has 0 aliphatic carbocycles. The molecule has 2 unspecified atom stereocenters. The first-order valence-electron chi connectivity index (χ1n) is 17.4. The van der Waals surface area contributed by atoms with E-state index in [1.54, 1.807) is 68.4 Å². The zero-order valence-electron chi connectivity index (χ0n) is 30.5. The summed E-state index contributed by atoms with van der Waals surface area (Å²) in [5.41, 5.74) is 0.663. The number of nitrogens with one attached hydrogen (secondary N) is 2. The number of ether oxygens (including phenoxy) is 3. The molecular weight excluding hydrogens is 770 g/mol. The lowest BCUT2D eigenvalue weighted by Crippen LogP contribution is -2.46. The number of hydrogen-bond donors (Lipinski definition) is 2. The molecule has 0 fully saturated rings. The van der Waals surface area contributed by atoms with Gasteiger partial charge in [-0.1, -0.05) is 108 Å². The van der Waals surface area contributed by atoms with Gasteiger partial charge in [-0.05, 0) is 55.7 Å². The minimum absolute atomic E-state index is 0.0325. The van der Waals surface area contributed by atoms with E-state index in [0.29, 0.717) is 21.8 Å². The Balaban J connectivity index is 1.17. The molecule has 2 N–H and O–H groups in total. The maximum atomic E-state index is 15.6. The second-order valence-electron chi connectivity index (χ2n) is 13.3. The summed E-state index contributed by atoms with van der Waals surface area (Å²) >= 11 is 12.2. The van der Waals surface area contributed by atoms with Crippen molar-refractivity contribution in [2.24, 2.45) is 0 Å². The fourth-order valence-electron chi connectivity index (χ4n) is 5.59. The van der Waals surface area contributed by atoms with Crippen LogP contribution >= 0.6 is 23.2 Å². The molecule has 14 heteroatoms. The predicted molar refractivity (Wildman–Crippen MR) is 206 cm³/mol. The molecule has 0 spiro atoms. The maximum absolute atomic E-state index is 15.6. The van der Waals surface area contributed by atoms with Crippen LogP contribution in [0.2, 0.25) is 10.0 Å². The van der Waals surface area contributed by atoms with E-state index < -0.39 is 53.0 Å². The van der Waals surface area contributed by atoms with Gasteiger partial charge in [0.2, 0.25) is 5.91 Å². The van der Waals surface area contributed by atoms with Crippen LogP contribution in [0, 0.1) is 5.82 Å². The van der Waals surface area contributed by atoms with E-state index in [1.165, 1.54) is 36.5 Å². The number of pyridine rings is 1. The van der Waals surface area contributed by atoms with Crippen molar-refractivity contribution in [3.05, 3.63) is 159 Å². The Morgan fingerprint density at radius 2 is 1.48 bits per heavy atom. The zero-order chi connectivity index (χ0) is 40.5. The van der Waals surface area contributed by atoms with Crippen LogP contribution in [0.4, 0.5) is 23.7 Å². The fraction of sp³-hybridized carbons (Fsp3) is 0.238. The number of alkyl carbamates (subject to hydrolysis) is 1. The third-order valence-electron chi connectivity index (χ3n) is 8.54. The lowest BCUT2D eigenvalue weighted by atomic mass is 10.0. The molecule has 1 aromatic heterocycles. The predicted octanol–water partition coefficient (Wildman–Crippen LogP) is 9.58. The maximum Gasteiger partial charge on any atom is 0.408 e. The Bertz CT molecular complexity index is 2140. The smallest absolute Gasteiger partial charge is 0.408 e. The molecule has 4 aromatic carbocycles. The molecule has 9 nitrogen and oxygen atoms in total. The zero-order valence-corrected chi connectivity index (χ0v) is 32.0. The molecule has 56 heavy (non-hydrogen) atoms. The van der Waals surface area contributed by atoms with Gasteiger partial charge >= 0.3 is 18.0 Å². The lowest BCUT2D eigenvalue weighted by Gasteiger charge is -2.27. The largest absolute Gasteiger partial charge is 0.478 e. The molecule has 0 saturated carbocycles. The van der Waals surface area contributed by atoms with Crippen molar-refractivity contribution in [2.45, 2.75) is 63.9 Å². The van der Waals surface area contributed by atoms with Gasteiger partial charge in [-0.2, -0.15) is 8.78 Å². The van der Waals surface area contributed by atoms with E-state index in [9.17, 15) is 14.4 Å². The van der Waals surface area contributed by atoms with E-state index in [1.807, 2.05) is 6.07 Å². The second kappa shape index (κ2) is 18.4. The molecule has 2 amide bonds. The summed E-state index contributed by atoms with van der Waals surface area (Å²) in [6.45, 7) is 4.31. The Morgan fingerprint density at radius 3 is 2.11 bits per heavy atom. The summed E-state index contributed by atoms with van der Waals surface area (Å²) in [5, 5.41) is 5.61. The summed E-state index contributed by atoms with van der Waals surface area (Å²) in [5.74, 6) is -6.12. The molecule has 0 aliphatic rings. The fourth-order valence-corrected chi connectivity index (χ4v) is 6.20. The third-order valence-corrected chi connectivity index (χ3v) is 9.03. The third kappa shape index (κ3) is 11.2. The molecule has 5 rings (SSSR count). The molecule has 1 heterocycles. The minimum Gasteiger partial charge on any atom is -0.478 e. The Labute approximate surface area is 332 Å². The summed E-state index contributed by atoms with van der Waals surface area (Å²) in [4.78, 5) is 42.9. The molecule has 0 saturated heterocycles. The van der Waals surface area contributed by atoms with E-state index in [2.05, 4.69) is 15.6 Å². The van der Waals surface area contributed by atoms with Crippen LogP contribution in [-0.2, 0) is 50.0 Å².